The van der Waals surface area contributed by atoms with Gasteiger partial charge >= 0.3 is 11.9 Å². The van der Waals surface area contributed by atoms with Gasteiger partial charge in [0.05, 0.1) is 25.5 Å². The zero-order valence-corrected chi connectivity index (χ0v) is 12.9. The lowest BCUT2D eigenvalue weighted by molar-refractivity contribution is -0.146. The van der Waals surface area contributed by atoms with Crippen molar-refractivity contribution in [1.82, 2.24) is 9.97 Å². The molecule has 1 unspecified atom stereocenters. The summed E-state index contributed by atoms with van der Waals surface area (Å²) in [6.45, 7) is 0. The quantitative estimate of drug-likeness (QED) is 0.560. The van der Waals surface area contributed by atoms with Crippen LogP contribution in [0.15, 0.2) is 6.07 Å². The third-order valence-electron chi connectivity index (χ3n) is 2.92. The summed E-state index contributed by atoms with van der Waals surface area (Å²) in [5.41, 5.74) is 0.329. The van der Waals surface area contributed by atoms with Gasteiger partial charge in [0.25, 0.3) is 11.8 Å². The molecule has 122 valence electrons. The van der Waals surface area contributed by atoms with E-state index in [-0.39, 0.29) is 16.6 Å². The van der Waals surface area contributed by atoms with E-state index in [1.165, 1.54) is 20.3 Å². The standard InChI is InChI=1S/C13H12N2O7S/c1-21-10-11(22-2)15-12-6(14-10)4-7(23-12)9(18)5(13(19)20)3-8(16)17/h4-5H,3H2,1-2H3,(H,16,17)(H,19,20). The maximum atomic E-state index is 12.2. The molecule has 0 aliphatic carbocycles. The molecule has 2 heterocycles. The van der Waals surface area contributed by atoms with Gasteiger partial charge in [-0.2, -0.15) is 4.98 Å². The number of fused-ring (bicyclic) bond motifs is 1. The topological polar surface area (TPSA) is 136 Å². The summed E-state index contributed by atoms with van der Waals surface area (Å²) < 4.78 is 10.0. The lowest BCUT2D eigenvalue weighted by Crippen LogP contribution is -2.26. The molecule has 0 aromatic carbocycles. The van der Waals surface area contributed by atoms with Gasteiger partial charge in [0.1, 0.15) is 16.3 Å². The minimum Gasteiger partial charge on any atom is -0.481 e. The van der Waals surface area contributed by atoms with Crippen molar-refractivity contribution < 1.29 is 34.1 Å². The Morgan fingerprint density at radius 2 is 1.78 bits per heavy atom. The molecule has 9 nitrogen and oxygen atoms in total. The minimum atomic E-state index is -1.66. The average molecular weight is 340 g/mol. The van der Waals surface area contributed by atoms with Crippen molar-refractivity contribution in [3.63, 3.8) is 0 Å². The van der Waals surface area contributed by atoms with Crippen molar-refractivity contribution in [3.05, 3.63) is 10.9 Å². The summed E-state index contributed by atoms with van der Waals surface area (Å²) in [5, 5.41) is 17.8. The number of nitrogens with zero attached hydrogens (tertiary/aromatic N) is 2. The molecule has 0 amide bonds. The summed E-state index contributed by atoms with van der Waals surface area (Å²) in [5.74, 6) is -5.08. The number of hydrogen-bond donors (Lipinski definition) is 2. The first kappa shape index (κ1) is 16.6. The number of rotatable bonds is 7. The predicted molar refractivity (Wildman–Crippen MR) is 78.2 cm³/mol. The molecule has 0 spiro atoms. The van der Waals surface area contributed by atoms with Crippen LogP contribution < -0.4 is 9.47 Å². The summed E-state index contributed by atoms with van der Waals surface area (Å²) in [7, 11) is 2.76. The van der Waals surface area contributed by atoms with Gasteiger partial charge in [0.2, 0.25) is 0 Å². The summed E-state index contributed by atoms with van der Waals surface area (Å²) in [6.07, 6.45) is -0.796. The molecule has 2 rings (SSSR count). The first-order valence-corrected chi connectivity index (χ1v) is 7.07. The minimum absolute atomic E-state index is 0.0592. The smallest absolute Gasteiger partial charge is 0.315 e. The van der Waals surface area contributed by atoms with Crippen LogP contribution in [0.3, 0.4) is 0 Å². The fourth-order valence-electron chi connectivity index (χ4n) is 1.86. The lowest BCUT2D eigenvalue weighted by atomic mass is 9.99. The normalized spacial score (nSPS) is 11.9. The third-order valence-corrected chi connectivity index (χ3v) is 3.96. The van der Waals surface area contributed by atoms with Gasteiger partial charge in [-0.1, -0.05) is 0 Å². The van der Waals surface area contributed by atoms with Crippen molar-refractivity contribution in [2.24, 2.45) is 5.92 Å². The Bertz CT molecular complexity index is 745. The van der Waals surface area contributed by atoms with Gasteiger partial charge in [-0.05, 0) is 6.07 Å². The molecule has 0 saturated carbocycles. The third kappa shape index (κ3) is 3.37. The highest BCUT2D eigenvalue weighted by atomic mass is 32.1. The fraction of sp³-hybridized carbons (Fsp3) is 0.308. The van der Waals surface area contributed by atoms with Crippen molar-refractivity contribution >= 4 is 39.4 Å². The van der Waals surface area contributed by atoms with Crippen molar-refractivity contribution in [1.29, 1.82) is 0 Å². The number of aliphatic carboxylic acids is 2. The van der Waals surface area contributed by atoms with Gasteiger partial charge in [-0.25, -0.2) is 4.98 Å². The number of carboxylic acid groups (broad SMARTS) is 2. The zero-order valence-electron chi connectivity index (χ0n) is 12.1. The van der Waals surface area contributed by atoms with Gasteiger partial charge in [0.15, 0.2) is 5.78 Å². The second-order valence-corrected chi connectivity index (χ2v) is 5.43. The van der Waals surface area contributed by atoms with E-state index >= 15 is 0 Å². The Morgan fingerprint density at radius 1 is 1.17 bits per heavy atom. The molecular formula is C13H12N2O7S. The van der Waals surface area contributed by atoms with E-state index in [0.29, 0.717) is 10.3 Å². The molecular weight excluding hydrogens is 328 g/mol. The molecule has 0 bridgehead atoms. The molecule has 2 aromatic rings. The molecule has 0 radical (unpaired) electrons. The summed E-state index contributed by atoms with van der Waals surface area (Å²) in [4.78, 5) is 42.7. The molecule has 23 heavy (non-hydrogen) atoms. The van der Waals surface area contributed by atoms with Crippen molar-refractivity contribution in [2.75, 3.05) is 14.2 Å². The van der Waals surface area contributed by atoms with E-state index in [2.05, 4.69) is 9.97 Å². The highest BCUT2D eigenvalue weighted by Gasteiger charge is 2.31. The molecule has 0 saturated heterocycles. The number of methoxy groups -OCH3 is 2. The average Bonchev–Trinajstić information content (AvgIpc) is 2.92. The second kappa shape index (κ2) is 6.57. The van der Waals surface area contributed by atoms with Crippen molar-refractivity contribution in [2.45, 2.75) is 6.42 Å². The maximum Gasteiger partial charge on any atom is 0.315 e. The first-order valence-electron chi connectivity index (χ1n) is 6.25. The van der Waals surface area contributed by atoms with Crippen LogP contribution in [-0.4, -0.2) is 52.1 Å². The number of thiophene rings is 1. The van der Waals surface area contributed by atoms with E-state index < -0.39 is 30.1 Å². The predicted octanol–water partition coefficient (Wildman–Crippen LogP) is 1.07. The zero-order chi connectivity index (χ0) is 17.1. The number of carboxylic acids is 2. The number of carbonyl (C=O) groups excluding carboxylic acids is 1. The Balaban J connectivity index is 2.44. The second-order valence-electron chi connectivity index (χ2n) is 4.40. The van der Waals surface area contributed by atoms with Gasteiger partial charge in [0, 0.05) is 0 Å². The van der Waals surface area contributed by atoms with E-state index in [1.54, 1.807) is 0 Å². The van der Waals surface area contributed by atoms with Gasteiger partial charge in [-0.3, -0.25) is 14.4 Å². The van der Waals surface area contributed by atoms with Gasteiger partial charge < -0.3 is 19.7 Å². The number of ether oxygens (including phenoxy) is 2. The Morgan fingerprint density at radius 3 is 2.30 bits per heavy atom. The number of ketones is 1. The highest BCUT2D eigenvalue weighted by Crippen LogP contribution is 2.31. The molecule has 0 fully saturated rings. The van der Waals surface area contributed by atoms with E-state index in [4.69, 9.17) is 19.7 Å². The number of hydrogen-bond acceptors (Lipinski definition) is 8. The monoisotopic (exact) mass is 340 g/mol. The summed E-state index contributed by atoms with van der Waals surface area (Å²) >= 11 is 0.912. The number of carbonyl (C=O) groups is 3. The molecule has 2 N–H and O–H groups in total. The molecule has 2 aromatic heterocycles. The Labute approximate surface area is 133 Å². The molecule has 10 heteroatoms. The SMILES string of the molecule is COc1nc2cc(C(=O)C(CC(=O)O)C(=O)O)sc2nc1OC. The first-order chi connectivity index (χ1) is 10.9. The number of aromatic nitrogens is 2. The van der Waals surface area contributed by atoms with Crippen LogP contribution in [0, 0.1) is 5.92 Å². The van der Waals surface area contributed by atoms with E-state index in [9.17, 15) is 14.4 Å². The van der Waals surface area contributed by atoms with Gasteiger partial charge in [-0.15, -0.1) is 11.3 Å². The summed E-state index contributed by atoms with van der Waals surface area (Å²) in [6, 6.07) is 1.36. The van der Waals surface area contributed by atoms with Crippen LogP contribution in [0.5, 0.6) is 11.8 Å². The Hall–Kier alpha value is -2.75. The molecule has 1 atom stereocenters. The van der Waals surface area contributed by atoms with Crippen LogP contribution >= 0.6 is 11.3 Å². The van der Waals surface area contributed by atoms with Crippen LogP contribution in [0.25, 0.3) is 10.3 Å². The fourth-order valence-corrected chi connectivity index (χ4v) is 2.81. The Kier molecular flexibility index (Phi) is 4.74. The van der Waals surface area contributed by atoms with E-state index in [1.807, 2.05) is 0 Å². The van der Waals surface area contributed by atoms with Crippen LogP contribution in [0.1, 0.15) is 16.1 Å². The molecule has 0 aliphatic rings. The highest BCUT2D eigenvalue weighted by molar-refractivity contribution is 7.20. The molecule has 0 aliphatic heterocycles. The largest absolute Gasteiger partial charge is 0.481 e. The van der Waals surface area contributed by atoms with Crippen LogP contribution in [0.2, 0.25) is 0 Å². The number of Topliss-reactive ketones (excluding diaryl/α,β-unsaturated/α-hetero) is 1. The van der Waals surface area contributed by atoms with Crippen LogP contribution in [-0.2, 0) is 9.59 Å². The van der Waals surface area contributed by atoms with Crippen molar-refractivity contribution in [3.8, 4) is 11.8 Å². The lowest BCUT2D eigenvalue weighted by Gasteiger charge is -2.06. The van der Waals surface area contributed by atoms with Crippen LogP contribution in [0.4, 0.5) is 0 Å². The maximum absolute atomic E-state index is 12.2. The van der Waals surface area contributed by atoms with E-state index in [0.717, 1.165) is 11.3 Å².